The van der Waals surface area contributed by atoms with Crippen molar-refractivity contribution >= 4 is 5.97 Å². The third-order valence-corrected chi connectivity index (χ3v) is 4.17. The van der Waals surface area contributed by atoms with Gasteiger partial charge in [0.15, 0.2) is 11.4 Å². The second-order valence-electron chi connectivity index (χ2n) is 7.91. The highest BCUT2D eigenvalue weighted by Gasteiger charge is 2.39. The zero-order valence-electron chi connectivity index (χ0n) is 17.8. The van der Waals surface area contributed by atoms with Crippen molar-refractivity contribution in [3.8, 4) is 11.6 Å². The van der Waals surface area contributed by atoms with Crippen LogP contribution in [-0.2, 0) is 22.9 Å². The second-order valence-corrected chi connectivity index (χ2v) is 7.91. The molecule has 0 saturated heterocycles. The predicted octanol–water partition coefficient (Wildman–Crippen LogP) is 4.25. The summed E-state index contributed by atoms with van der Waals surface area (Å²) >= 11 is 0. The molecule has 0 aliphatic rings. The molecule has 2 rings (SSSR count). The first-order valence-corrected chi connectivity index (χ1v) is 9.44. The summed E-state index contributed by atoms with van der Waals surface area (Å²) in [6, 6.07) is 0. The molecule has 7 nitrogen and oxygen atoms in total. The van der Waals surface area contributed by atoms with Crippen LogP contribution in [0.25, 0.3) is 0 Å². The van der Waals surface area contributed by atoms with Crippen LogP contribution < -0.4 is 4.74 Å². The van der Waals surface area contributed by atoms with E-state index in [1.54, 1.807) is 27.7 Å². The largest absolute Gasteiger partial charge is 0.461 e. The van der Waals surface area contributed by atoms with Crippen molar-refractivity contribution in [3.63, 3.8) is 0 Å². The van der Waals surface area contributed by atoms with Crippen molar-refractivity contribution < 1.29 is 32.5 Å². The fraction of sp³-hybridized carbons (Fsp3) is 0.550. The van der Waals surface area contributed by atoms with Gasteiger partial charge in [0.2, 0.25) is 5.88 Å². The molecule has 0 aliphatic heterocycles. The van der Waals surface area contributed by atoms with E-state index in [4.69, 9.17) is 9.47 Å². The van der Waals surface area contributed by atoms with Crippen molar-refractivity contribution in [2.45, 2.75) is 65.8 Å². The molecular weight excluding hydrogens is 403 g/mol. The topological polar surface area (TPSA) is 86.5 Å². The number of esters is 1. The molecule has 2 aromatic rings. The summed E-state index contributed by atoms with van der Waals surface area (Å²) in [7, 11) is 0. The van der Waals surface area contributed by atoms with E-state index in [1.807, 2.05) is 0 Å². The summed E-state index contributed by atoms with van der Waals surface area (Å²) in [4.78, 5) is 16.1. The van der Waals surface area contributed by atoms with E-state index < -0.39 is 35.1 Å². The zero-order chi connectivity index (χ0) is 22.9. The molecule has 0 amide bonds. The number of halogens is 3. The van der Waals surface area contributed by atoms with Gasteiger partial charge < -0.3 is 14.6 Å². The van der Waals surface area contributed by atoms with Crippen LogP contribution in [0.5, 0.6) is 11.6 Å². The fourth-order valence-corrected chi connectivity index (χ4v) is 2.91. The molecule has 0 radical (unpaired) electrons. The average Bonchev–Trinajstić information content (AvgIpc) is 2.90. The third kappa shape index (κ3) is 5.10. The number of nitrogens with zero attached hydrogens (tertiary/aromatic N) is 3. The van der Waals surface area contributed by atoms with Crippen LogP contribution in [0, 0.1) is 6.92 Å². The fourth-order valence-electron chi connectivity index (χ4n) is 2.91. The Morgan fingerprint density at radius 1 is 1.27 bits per heavy atom. The minimum atomic E-state index is -4.74. The number of carbonyl (C=O) groups excluding carboxylic acids is 1. The van der Waals surface area contributed by atoms with Crippen LogP contribution >= 0.6 is 0 Å². The minimum Gasteiger partial charge on any atom is -0.461 e. The number of aromatic nitrogens is 3. The van der Waals surface area contributed by atoms with Gasteiger partial charge in [-0.15, -0.1) is 0 Å². The lowest BCUT2D eigenvalue weighted by Gasteiger charge is -2.23. The highest BCUT2D eigenvalue weighted by atomic mass is 19.4. The lowest BCUT2D eigenvalue weighted by molar-refractivity contribution is -0.139. The molecule has 0 aliphatic carbocycles. The number of aliphatic hydroxyl groups is 1. The Morgan fingerprint density at radius 3 is 2.40 bits per heavy atom. The Bertz CT molecular complexity index is 915. The average molecular weight is 429 g/mol. The summed E-state index contributed by atoms with van der Waals surface area (Å²) in [5, 5.41) is 13.8. The Morgan fingerprint density at radius 2 is 1.90 bits per heavy atom. The van der Waals surface area contributed by atoms with Crippen molar-refractivity contribution in [3.05, 3.63) is 34.8 Å². The van der Waals surface area contributed by atoms with Gasteiger partial charge in [-0.25, -0.2) is 9.48 Å². The van der Waals surface area contributed by atoms with Gasteiger partial charge in [0.25, 0.3) is 0 Å². The lowest BCUT2D eigenvalue weighted by Crippen LogP contribution is -2.24. The number of ether oxygens (including phenoxy) is 2. The Hall–Kier alpha value is -2.62. The molecule has 0 fully saturated rings. The first-order valence-electron chi connectivity index (χ1n) is 9.44. The van der Waals surface area contributed by atoms with Crippen LogP contribution in [0.2, 0.25) is 0 Å². The van der Waals surface area contributed by atoms with Gasteiger partial charge in [-0.2, -0.15) is 18.3 Å². The normalized spacial score (nSPS) is 13.3. The van der Waals surface area contributed by atoms with E-state index in [1.165, 1.54) is 18.5 Å². The van der Waals surface area contributed by atoms with Gasteiger partial charge in [-0.05, 0) is 47.1 Å². The standard InChI is InChI=1S/C20H26F3N3O4/c1-7-29-18(28)16-12(3)17(26(25-16)19(4,5)6)30-14-10-24-9-13(8-11(2)27)15(14)20(21,22)23/h9-11,27H,7-8H2,1-6H3. The number of aliphatic hydroxyl groups excluding tert-OH is 1. The number of hydrogen-bond donors (Lipinski definition) is 1. The molecule has 0 saturated carbocycles. The summed E-state index contributed by atoms with van der Waals surface area (Å²) in [5.74, 6) is -1.25. The molecule has 2 heterocycles. The number of rotatable bonds is 6. The first kappa shape index (κ1) is 23.7. The lowest BCUT2D eigenvalue weighted by atomic mass is 10.0. The number of pyridine rings is 1. The Balaban J connectivity index is 2.66. The van der Waals surface area contributed by atoms with Crippen molar-refractivity contribution in [2.24, 2.45) is 0 Å². The number of carbonyl (C=O) groups is 1. The van der Waals surface area contributed by atoms with Gasteiger partial charge in [0, 0.05) is 18.2 Å². The van der Waals surface area contributed by atoms with E-state index >= 15 is 0 Å². The van der Waals surface area contributed by atoms with E-state index in [-0.39, 0.29) is 35.7 Å². The minimum absolute atomic E-state index is 0.0212. The molecule has 30 heavy (non-hydrogen) atoms. The smallest absolute Gasteiger partial charge is 0.420 e. The highest BCUT2D eigenvalue weighted by molar-refractivity contribution is 5.89. The quantitative estimate of drug-likeness (QED) is 0.691. The van der Waals surface area contributed by atoms with Crippen molar-refractivity contribution in [1.29, 1.82) is 0 Å². The Labute approximate surface area is 172 Å². The van der Waals surface area contributed by atoms with Crippen LogP contribution in [0.1, 0.15) is 61.8 Å². The number of alkyl halides is 3. The predicted molar refractivity (Wildman–Crippen MR) is 103 cm³/mol. The Kier molecular flexibility index (Phi) is 6.80. The van der Waals surface area contributed by atoms with Crippen LogP contribution in [0.15, 0.2) is 12.4 Å². The zero-order valence-corrected chi connectivity index (χ0v) is 17.8. The molecule has 10 heteroatoms. The molecule has 1 unspecified atom stereocenters. The van der Waals surface area contributed by atoms with Crippen molar-refractivity contribution in [1.82, 2.24) is 14.8 Å². The summed E-state index contributed by atoms with van der Waals surface area (Å²) < 4.78 is 53.6. The van der Waals surface area contributed by atoms with Gasteiger partial charge in [0.05, 0.1) is 24.4 Å². The molecule has 1 atom stereocenters. The second kappa shape index (κ2) is 8.63. The molecular formula is C20H26F3N3O4. The van der Waals surface area contributed by atoms with E-state index in [2.05, 4.69) is 10.1 Å². The maximum atomic E-state index is 13.8. The van der Waals surface area contributed by atoms with Gasteiger partial charge in [-0.3, -0.25) is 4.98 Å². The molecule has 166 valence electrons. The van der Waals surface area contributed by atoms with E-state index in [0.29, 0.717) is 0 Å². The molecule has 0 bridgehead atoms. The van der Waals surface area contributed by atoms with Gasteiger partial charge >= 0.3 is 12.1 Å². The van der Waals surface area contributed by atoms with Crippen LogP contribution in [0.4, 0.5) is 13.2 Å². The number of hydrogen-bond acceptors (Lipinski definition) is 6. The summed E-state index contributed by atoms with van der Waals surface area (Å²) in [6.07, 6.45) is -3.98. The first-order chi connectivity index (χ1) is 13.8. The monoisotopic (exact) mass is 429 g/mol. The molecule has 0 spiro atoms. The third-order valence-electron chi connectivity index (χ3n) is 4.17. The van der Waals surface area contributed by atoms with Crippen molar-refractivity contribution in [2.75, 3.05) is 6.61 Å². The summed E-state index contributed by atoms with van der Waals surface area (Å²) in [5.41, 5.74) is -1.72. The maximum absolute atomic E-state index is 13.8. The van der Waals surface area contributed by atoms with E-state index in [9.17, 15) is 23.1 Å². The maximum Gasteiger partial charge on any atom is 0.420 e. The van der Waals surface area contributed by atoms with E-state index in [0.717, 1.165) is 12.4 Å². The van der Waals surface area contributed by atoms with Crippen LogP contribution in [0.3, 0.4) is 0 Å². The molecule has 0 aromatic carbocycles. The highest BCUT2D eigenvalue weighted by Crippen LogP contribution is 2.42. The SMILES string of the molecule is CCOC(=O)c1nn(C(C)(C)C)c(Oc2cncc(CC(C)O)c2C(F)(F)F)c1C. The van der Waals surface area contributed by atoms with Crippen LogP contribution in [-0.4, -0.2) is 38.6 Å². The summed E-state index contributed by atoms with van der Waals surface area (Å²) in [6.45, 7) is 9.99. The molecule has 2 aromatic heterocycles. The van der Waals surface area contributed by atoms with Gasteiger partial charge in [-0.1, -0.05) is 0 Å². The van der Waals surface area contributed by atoms with Gasteiger partial charge in [0.1, 0.15) is 5.56 Å². The molecule has 1 N–H and O–H groups in total.